The van der Waals surface area contributed by atoms with Crippen molar-refractivity contribution in [1.82, 2.24) is 15.5 Å². The Hall–Kier alpha value is -1.88. The molecule has 5 heteroatoms. The number of rotatable bonds is 4. The van der Waals surface area contributed by atoms with E-state index in [1.807, 2.05) is 24.3 Å². The van der Waals surface area contributed by atoms with E-state index in [0.29, 0.717) is 12.3 Å². The highest BCUT2D eigenvalue weighted by Crippen LogP contribution is 2.21. The minimum atomic E-state index is 0.253. The third-order valence-corrected chi connectivity index (χ3v) is 3.35. The molecule has 0 saturated carbocycles. The lowest BCUT2D eigenvalue weighted by Crippen LogP contribution is -2.14. The zero-order chi connectivity index (χ0) is 13.1. The zero-order valence-electron chi connectivity index (χ0n) is 10.9. The number of hydrogen-bond donors (Lipinski definition) is 1. The van der Waals surface area contributed by atoms with Gasteiger partial charge >= 0.3 is 0 Å². The molecular weight excluding hydrogens is 242 g/mol. The maximum absolute atomic E-state index is 5.31. The predicted molar refractivity (Wildman–Crippen MR) is 70.1 cm³/mol. The van der Waals surface area contributed by atoms with Gasteiger partial charge in [-0.1, -0.05) is 17.3 Å². The van der Waals surface area contributed by atoms with E-state index in [9.17, 15) is 0 Å². The van der Waals surface area contributed by atoms with E-state index >= 15 is 0 Å². The molecule has 100 valence electrons. The summed E-state index contributed by atoms with van der Waals surface area (Å²) in [5.41, 5.74) is 1.11. The van der Waals surface area contributed by atoms with Crippen molar-refractivity contribution in [2.75, 3.05) is 13.7 Å². The van der Waals surface area contributed by atoms with Crippen molar-refractivity contribution in [2.24, 2.45) is 0 Å². The molecule has 0 amide bonds. The van der Waals surface area contributed by atoms with Crippen LogP contribution in [-0.2, 0) is 6.42 Å². The molecule has 2 heterocycles. The summed E-state index contributed by atoms with van der Waals surface area (Å²) in [6, 6.07) is 8.15. The SMILES string of the molecule is COc1cccc(Cc2nc(C3CCCN3)no2)c1. The lowest BCUT2D eigenvalue weighted by molar-refractivity contribution is 0.373. The average Bonchev–Trinajstić information content (AvgIpc) is 3.09. The smallest absolute Gasteiger partial charge is 0.231 e. The van der Waals surface area contributed by atoms with Crippen LogP contribution in [0.4, 0.5) is 0 Å². The summed E-state index contributed by atoms with van der Waals surface area (Å²) in [5.74, 6) is 2.27. The Labute approximate surface area is 112 Å². The van der Waals surface area contributed by atoms with E-state index in [-0.39, 0.29) is 6.04 Å². The molecule has 1 aliphatic heterocycles. The average molecular weight is 259 g/mol. The van der Waals surface area contributed by atoms with Gasteiger partial charge in [0.05, 0.1) is 19.6 Å². The lowest BCUT2D eigenvalue weighted by Gasteiger charge is -2.02. The maximum Gasteiger partial charge on any atom is 0.231 e. The van der Waals surface area contributed by atoms with Crippen molar-refractivity contribution in [3.8, 4) is 5.75 Å². The highest BCUT2D eigenvalue weighted by Gasteiger charge is 2.21. The van der Waals surface area contributed by atoms with E-state index in [2.05, 4.69) is 15.5 Å². The van der Waals surface area contributed by atoms with Gasteiger partial charge in [-0.25, -0.2) is 0 Å². The van der Waals surface area contributed by atoms with Crippen LogP contribution in [0.5, 0.6) is 5.75 Å². The van der Waals surface area contributed by atoms with Gasteiger partial charge in [0, 0.05) is 0 Å². The van der Waals surface area contributed by atoms with Gasteiger partial charge in [-0.2, -0.15) is 4.98 Å². The van der Waals surface area contributed by atoms with E-state index in [0.717, 1.165) is 30.1 Å². The van der Waals surface area contributed by atoms with Crippen molar-refractivity contribution in [2.45, 2.75) is 25.3 Å². The molecule has 1 atom stereocenters. The van der Waals surface area contributed by atoms with Crippen LogP contribution in [-0.4, -0.2) is 23.8 Å². The summed E-state index contributed by atoms with van der Waals surface area (Å²) in [4.78, 5) is 4.46. The van der Waals surface area contributed by atoms with Gasteiger partial charge in [0.15, 0.2) is 5.82 Å². The third kappa shape index (κ3) is 2.76. The monoisotopic (exact) mass is 259 g/mol. The second-order valence-electron chi connectivity index (χ2n) is 4.72. The molecule has 0 radical (unpaired) electrons. The Kier molecular flexibility index (Phi) is 3.46. The molecule has 1 unspecified atom stereocenters. The number of methoxy groups -OCH3 is 1. The molecule has 1 aromatic heterocycles. The number of nitrogens with zero attached hydrogens (tertiary/aromatic N) is 2. The Morgan fingerprint density at radius 1 is 1.47 bits per heavy atom. The number of hydrogen-bond acceptors (Lipinski definition) is 5. The molecule has 0 spiro atoms. The topological polar surface area (TPSA) is 60.2 Å². The van der Waals surface area contributed by atoms with Crippen molar-refractivity contribution in [3.63, 3.8) is 0 Å². The summed E-state index contributed by atoms with van der Waals surface area (Å²) >= 11 is 0. The van der Waals surface area contributed by atoms with E-state index in [1.54, 1.807) is 7.11 Å². The van der Waals surface area contributed by atoms with Crippen LogP contribution in [0.3, 0.4) is 0 Å². The van der Waals surface area contributed by atoms with E-state index < -0.39 is 0 Å². The normalized spacial score (nSPS) is 18.7. The van der Waals surface area contributed by atoms with Gasteiger partial charge in [-0.3, -0.25) is 0 Å². The molecule has 1 aromatic carbocycles. The largest absolute Gasteiger partial charge is 0.497 e. The van der Waals surface area contributed by atoms with Crippen LogP contribution in [0.25, 0.3) is 0 Å². The first kappa shape index (κ1) is 12.2. The summed E-state index contributed by atoms with van der Waals surface area (Å²) < 4.78 is 10.5. The Morgan fingerprint density at radius 3 is 3.21 bits per heavy atom. The van der Waals surface area contributed by atoms with Crippen molar-refractivity contribution in [3.05, 3.63) is 41.5 Å². The Bertz CT molecular complexity index is 547. The van der Waals surface area contributed by atoms with Crippen LogP contribution in [0, 0.1) is 0 Å². The van der Waals surface area contributed by atoms with Crippen molar-refractivity contribution < 1.29 is 9.26 Å². The predicted octanol–water partition coefficient (Wildman–Crippen LogP) is 2.09. The quantitative estimate of drug-likeness (QED) is 0.911. The van der Waals surface area contributed by atoms with E-state index in [1.165, 1.54) is 6.42 Å². The molecule has 1 aliphatic rings. The van der Waals surface area contributed by atoms with Crippen LogP contribution < -0.4 is 10.1 Å². The fourth-order valence-electron chi connectivity index (χ4n) is 2.34. The molecule has 19 heavy (non-hydrogen) atoms. The first-order valence-corrected chi connectivity index (χ1v) is 6.54. The summed E-state index contributed by atoms with van der Waals surface area (Å²) in [5, 5.41) is 7.42. The Balaban J connectivity index is 1.72. The highest BCUT2D eigenvalue weighted by molar-refractivity contribution is 5.29. The molecule has 2 aromatic rings. The van der Waals surface area contributed by atoms with Gasteiger partial charge in [-0.15, -0.1) is 0 Å². The van der Waals surface area contributed by atoms with Gasteiger partial charge in [0.1, 0.15) is 5.75 Å². The number of benzene rings is 1. The molecule has 1 fully saturated rings. The summed E-state index contributed by atoms with van der Waals surface area (Å²) in [6.07, 6.45) is 2.89. The van der Waals surface area contributed by atoms with Crippen molar-refractivity contribution in [1.29, 1.82) is 0 Å². The lowest BCUT2D eigenvalue weighted by atomic mass is 10.1. The Morgan fingerprint density at radius 2 is 2.42 bits per heavy atom. The van der Waals surface area contributed by atoms with Crippen LogP contribution in [0.15, 0.2) is 28.8 Å². The number of ether oxygens (including phenoxy) is 1. The fourth-order valence-corrected chi connectivity index (χ4v) is 2.34. The fraction of sp³-hybridized carbons (Fsp3) is 0.429. The van der Waals surface area contributed by atoms with Crippen LogP contribution >= 0.6 is 0 Å². The molecule has 3 rings (SSSR count). The minimum Gasteiger partial charge on any atom is -0.497 e. The van der Waals surface area contributed by atoms with Gasteiger partial charge < -0.3 is 14.6 Å². The molecule has 0 bridgehead atoms. The number of aromatic nitrogens is 2. The standard InChI is InChI=1S/C14H17N3O2/c1-18-11-5-2-4-10(8-11)9-13-16-14(17-19-13)12-6-3-7-15-12/h2,4-5,8,12,15H,3,6-7,9H2,1H3. The second-order valence-corrected chi connectivity index (χ2v) is 4.72. The molecular formula is C14H17N3O2. The van der Waals surface area contributed by atoms with E-state index in [4.69, 9.17) is 9.26 Å². The number of nitrogens with one attached hydrogen (secondary N) is 1. The maximum atomic E-state index is 5.31. The molecule has 1 saturated heterocycles. The van der Waals surface area contributed by atoms with Crippen molar-refractivity contribution >= 4 is 0 Å². The minimum absolute atomic E-state index is 0.253. The van der Waals surface area contributed by atoms with Crippen LogP contribution in [0.2, 0.25) is 0 Å². The van der Waals surface area contributed by atoms with Gasteiger partial charge in [0.2, 0.25) is 5.89 Å². The van der Waals surface area contributed by atoms with Gasteiger partial charge in [0.25, 0.3) is 0 Å². The highest BCUT2D eigenvalue weighted by atomic mass is 16.5. The summed E-state index contributed by atoms with van der Waals surface area (Å²) in [6.45, 7) is 1.03. The van der Waals surface area contributed by atoms with Crippen LogP contribution in [0.1, 0.15) is 36.2 Å². The second kappa shape index (κ2) is 5.40. The first-order valence-electron chi connectivity index (χ1n) is 6.54. The van der Waals surface area contributed by atoms with Gasteiger partial charge in [-0.05, 0) is 37.1 Å². The molecule has 5 nitrogen and oxygen atoms in total. The molecule has 1 N–H and O–H groups in total. The first-order chi connectivity index (χ1) is 9.35. The summed E-state index contributed by atoms with van der Waals surface area (Å²) in [7, 11) is 1.66. The molecule has 0 aliphatic carbocycles. The zero-order valence-corrected chi connectivity index (χ0v) is 10.9. The third-order valence-electron chi connectivity index (χ3n) is 3.35.